The maximum atomic E-state index is 6.15. The van der Waals surface area contributed by atoms with Crippen molar-refractivity contribution in [3.8, 4) is 0 Å². The van der Waals surface area contributed by atoms with Crippen LogP contribution in [-0.2, 0) is 13.1 Å². The van der Waals surface area contributed by atoms with Crippen molar-refractivity contribution in [3.63, 3.8) is 0 Å². The fraction of sp³-hybridized carbons (Fsp3) is 0.538. The zero-order valence-corrected chi connectivity index (χ0v) is 12.8. The summed E-state index contributed by atoms with van der Waals surface area (Å²) in [5.41, 5.74) is 8.89. The Hall–Kier alpha value is -1.56. The van der Waals surface area contributed by atoms with Gasteiger partial charge in [-0.3, -0.25) is 0 Å². The number of nitrogens with zero attached hydrogens (tertiary/aromatic N) is 4. The van der Waals surface area contributed by atoms with Crippen LogP contribution in [0.15, 0.2) is 5.38 Å². The van der Waals surface area contributed by atoms with Crippen LogP contribution in [0, 0.1) is 13.8 Å². The fourth-order valence-corrected chi connectivity index (χ4v) is 2.76. The third-order valence-corrected chi connectivity index (χ3v) is 3.83. The molecule has 0 bridgehead atoms. The molecule has 0 aliphatic heterocycles. The zero-order chi connectivity index (χ0) is 14.0. The summed E-state index contributed by atoms with van der Waals surface area (Å²) in [4.78, 5) is 6.62. The highest BCUT2D eigenvalue weighted by Gasteiger charge is 2.16. The number of hydrogen-bond donors (Lipinski definition) is 1. The second kappa shape index (κ2) is 5.61. The SMILES string of the molecule is CCCn1nc(C)c(N)c1N(C)Cc1csc(C)n1. The average Bonchev–Trinajstić information content (AvgIpc) is 2.85. The van der Waals surface area contributed by atoms with E-state index in [1.54, 1.807) is 11.3 Å². The molecular weight excluding hydrogens is 258 g/mol. The van der Waals surface area contributed by atoms with Crippen LogP contribution in [0.3, 0.4) is 0 Å². The van der Waals surface area contributed by atoms with Gasteiger partial charge in [0.2, 0.25) is 0 Å². The van der Waals surface area contributed by atoms with Crippen LogP contribution in [0.2, 0.25) is 0 Å². The van der Waals surface area contributed by atoms with E-state index in [-0.39, 0.29) is 0 Å². The van der Waals surface area contributed by atoms with Gasteiger partial charge in [-0.1, -0.05) is 6.92 Å². The predicted octanol–water partition coefficient (Wildman–Crippen LogP) is 2.59. The minimum absolute atomic E-state index is 0.753. The highest BCUT2D eigenvalue weighted by atomic mass is 32.1. The van der Waals surface area contributed by atoms with Crippen LogP contribution in [-0.4, -0.2) is 21.8 Å². The number of hydrogen-bond acceptors (Lipinski definition) is 5. The standard InChI is InChI=1S/C13H21N5S/c1-5-6-18-13(12(14)9(2)16-18)17(4)7-11-8-19-10(3)15-11/h8H,5-7,14H2,1-4H3. The van der Waals surface area contributed by atoms with Gasteiger partial charge in [0.25, 0.3) is 0 Å². The van der Waals surface area contributed by atoms with Gasteiger partial charge >= 0.3 is 0 Å². The van der Waals surface area contributed by atoms with Gasteiger partial charge < -0.3 is 10.6 Å². The van der Waals surface area contributed by atoms with Crippen molar-refractivity contribution < 1.29 is 0 Å². The lowest BCUT2D eigenvalue weighted by atomic mass is 10.3. The molecular formula is C13H21N5S. The van der Waals surface area contributed by atoms with Crippen molar-refractivity contribution in [2.75, 3.05) is 17.7 Å². The minimum atomic E-state index is 0.753. The average molecular weight is 279 g/mol. The molecule has 19 heavy (non-hydrogen) atoms. The lowest BCUT2D eigenvalue weighted by molar-refractivity contribution is 0.590. The Kier molecular flexibility index (Phi) is 4.09. The summed E-state index contributed by atoms with van der Waals surface area (Å²) in [5.74, 6) is 0.991. The van der Waals surface area contributed by atoms with Crippen molar-refractivity contribution >= 4 is 22.8 Å². The molecule has 104 valence electrons. The van der Waals surface area contributed by atoms with E-state index < -0.39 is 0 Å². The number of rotatable bonds is 5. The molecule has 0 spiro atoms. The van der Waals surface area contributed by atoms with E-state index in [0.29, 0.717) is 0 Å². The molecule has 2 aromatic heterocycles. The normalized spacial score (nSPS) is 10.9. The van der Waals surface area contributed by atoms with Crippen LogP contribution >= 0.6 is 11.3 Å². The van der Waals surface area contributed by atoms with Gasteiger partial charge in [-0.25, -0.2) is 9.67 Å². The molecule has 2 heterocycles. The molecule has 0 atom stereocenters. The first-order valence-electron chi connectivity index (χ1n) is 6.48. The van der Waals surface area contributed by atoms with Gasteiger partial charge in [0.1, 0.15) is 0 Å². The van der Waals surface area contributed by atoms with E-state index in [4.69, 9.17) is 5.73 Å². The van der Waals surface area contributed by atoms with Crippen molar-refractivity contribution in [1.29, 1.82) is 0 Å². The number of nitrogen functional groups attached to an aromatic ring is 1. The molecule has 0 fully saturated rings. The Bertz CT molecular complexity index is 557. The molecule has 6 heteroatoms. The molecule has 2 rings (SSSR count). The lowest BCUT2D eigenvalue weighted by Crippen LogP contribution is -2.21. The van der Waals surface area contributed by atoms with Gasteiger partial charge in [0, 0.05) is 19.0 Å². The van der Waals surface area contributed by atoms with Crippen LogP contribution in [0.4, 0.5) is 11.5 Å². The van der Waals surface area contributed by atoms with Gasteiger partial charge in [-0.15, -0.1) is 11.3 Å². The topological polar surface area (TPSA) is 60.0 Å². The largest absolute Gasteiger partial charge is 0.394 e. The zero-order valence-electron chi connectivity index (χ0n) is 12.0. The Morgan fingerprint density at radius 3 is 2.74 bits per heavy atom. The van der Waals surface area contributed by atoms with Crippen molar-refractivity contribution in [2.24, 2.45) is 0 Å². The second-order valence-electron chi connectivity index (χ2n) is 4.76. The summed E-state index contributed by atoms with van der Waals surface area (Å²) < 4.78 is 1.99. The Labute approximate surface area is 118 Å². The number of thiazole rings is 1. The Morgan fingerprint density at radius 1 is 1.42 bits per heavy atom. The maximum absolute atomic E-state index is 6.15. The number of nitrogens with two attached hydrogens (primary N) is 1. The molecule has 0 aromatic carbocycles. The molecule has 0 saturated heterocycles. The number of anilines is 2. The number of aryl methyl sites for hydroxylation is 3. The molecule has 0 aliphatic carbocycles. The number of aromatic nitrogens is 3. The van der Waals surface area contributed by atoms with Gasteiger partial charge in [0.05, 0.1) is 28.6 Å². The molecule has 0 amide bonds. The molecule has 0 radical (unpaired) electrons. The Balaban J connectivity index is 2.24. The van der Waals surface area contributed by atoms with E-state index in [2.05, 4.69) is 27.3 Å². The fourth-order valence-electron chi connectivity index (χ4n) is 2.15. The lowest BCUT2D eigenvalue weighted by Gasteiger charge is -2.20. The van der Waals surface area contributed by atoms with Gasteiger partial charge in [-0.05, 0) is 20.3 Å². The third kappa shape index (κ3) is 2.89. The summed E-state index contributed by atoms with van der Waals surface area (Å²) in [6.45, 7) is 7.75. The maximum Gasteiger partial charge on any atom is 0.150 e. The summed E-state index contributed by atoms with van der Waals surface area (Å²) >= 11 is 1.67. The van der Waals surface area contributed by atoms with Crippen molar-refractivity contribution in [2.45, 2.75) is 40.3 Å². The minimum Gasteiger partial charge on any atom is -0.394 e. The summed E-state index contributed by atoms with van der Waals surface area (Å²) in [6.07, 6.45) is 1.04. The first-order valence-corrected chi connectivity index (χ1v) is 7.36. The van der Waals surface area contributed by atoms with Crippen LogP contribution in [0.1, 0.15) is 29.7 Å². The monoisotopic (exact) mass is 279 g/mol. The van der Waals surface area contributed by atoms with Crippen molar-refractivity contribution in [1.82, 2.24) is 14.8 Å². The second-order valence-corrected chi connectivity index (χ2v) is 5.82. The molecule has 2 N–H and O–H groups in total. The van der Waals surface area contributed by atoms with Gasteiger partial charge in [0.15, 0.2) is 5.82 Å². The van der Waals surface area contributed by atoms with E-state index in [9.17, 15) is 0 Å². The summed E-state index contributed by atoms with van der Waals surface area (Å²) in [6, 6.07) is 0. The van der Waals surface area contributed by atoms with Gasteiger partial charge in [-0.2, -0.15) is 5.10 Å². The van der Waals surface area contributed by atoms with E-state index in [1.807, 2.05) is 25.6 Å². The molecule has 5 nitrogen and oxygen atoms in total. The van der Waals surface area contributed by atoms with E-state index >= 15 is 0 Å². The predicted molar refractivity (Wildman–Crippen MR) is 80.6 cm³/mol. The third-order valence-electron chi connectivity index (χ3n) is 3.01. The quantitative estimate of drug-likeness (QED) is 0.914. The molecule has 0 saturated carbocycles. The Morgan fingerprint density at radius 2 is 2.16 bits per heavy atom. The molecule has 0 aliphatic rings. The highest BCUT2D eigenvalue weighted by molar-refractivity contribution is 7.09. The first-order chi connectivity index (χ1) is 9.02. The highest BCUT2D eigenvalue weighted by Crippen LogP contribution is 2.27. The van der Waals surface area contributed by atoms with E-state index in [1.165, 1.54) is 0 Å². The summed E-state index contributed by atoms with van der Waals surface area (Å²) in [5, 5.41) is 7.68. The van der Waals surface area contributed by atoms with Crippen LogP contribution < -0.4 is 10.6 Å². The molecule has 2 aromatic rings. The molecule has 0 unspecified atom stereocenters. The smallest absolute Gasteiger partial charge is 0.150 e. The first kappa shape index (κ1) is 13.9. The summed E-state index contributed by atoms with van der Waals surface area (Å²) in [7, 11) is 2.04. The van der Waals surface area contributed by atoms with Crippen molar-refractivity contribution in [3.05, 3.63) is 21.8 Å². The van der Waals surface area contributed by atoms with E-state index in [0.717, 1.165) is 47.4 Å². The van der Waals surface area contributed by atoms with Crippen LogP contribution in [0.5, 0.6) is 0 Å². The van der Waals surface area contributed by atoms with Crippen LogP contribution in [0.25, 0.3) is 0 Å².